The topological polar surface area (TPSA) is 96.0 Å². The minimum Gasteiger partial charge on any atom is -0.467 e. The lowest BCUT2D eigenvalue weighted by molar-refractivity contribution is -0.141. The molecule has 1 aliphatic heterocycles. The van der Waals surface area contributed by atoms with E-state index in [9.17, 15) is 19.2 Å². The van der Waals surface area contributed by atoms with E-state index in [1.165, 1.54) is 14.0 Å². The van der Waals surface area contributed by atoms with Crippen molar-refractivity contribution in [2.75, 3.05) is 43.5 Å². The number of carbonyl (C=O) groups is 2. The zero-order valence-corrected chi connectivity index (χ0v) is 15.9. The van der Waals surface area contributed by atoms with Crippen molar-refractivity contribution in [3.05, 3.63) is 56.3 Å². The second-order valence-corrected chi connectivity index (χ2v) is 6.78. The number of hydrogen-bond donors (Lipinski definition) is 1. The van der Waals surface area contributed by atoms with E-state index in [2.05, 4.69) is 5.32 Å². The van der Waals surface area contributed by atoms with Crippen LogP contribution in [0.5, 0.6) is 0 Å². The molecular formula is C20H23N3O5. The minimum atomic E-state index is -0.784. The Labute approximate surface area is 162 Å². The number of esters is 1. The molecule has 1 saturated heterocycles. The summed E-state index contributed by atoms with van der Waals surface area (Å²) in [4.78, 5) is 51.5. The van der Waals surface area contributed by atoms with Crippen LogP contribution in [-0.2, 0) is 20.7 Å². The summed E-state index contributed by atoms with van der Waals surface area (Å²) in [6.45, 7) is 3.39. The first-order chi connectivity index (χ1) is 13.4. The fraction of sp³-hybridized carbons (Fsp3) is 0.400. The van der Waals surface area contributed by atoms with Crippen LogP contribution in [0, 0.1) is 0 Å². The van der Waals surface area contributed by atoms with Gasteiger partial charge in [-0.2, -0.15) is 0 Å². The van der Waals surface area contributed by atoms with Crippen molar-refractivity contribution >= 4 is 23.3 Å². The number of amides is 1. The molecule has 8 heteroatoms. The van der Waals surface area contributed by atoms with Crippen molar-refractivity contribution in [2.45, 2.75) is 19.4 Å². The molecule has 0 aromatic heterocycles. The van der Waals surface area contributed by atoms with E-state index < -0.39 is 22.9 Å². The first-order valence-electron chi connectivity index (χ1n) is 9.14. The average Bonchev–Trinajstić information content (AvgIpc) is 2.72. The highest BCUT2D eigenvalue weighted by molar-refractivity contribution is 5.84. The normalized spacial score (nSPS) is 15.4. The van der Waals surface area contributed by atoms with E-state index in [-0.39, 0.29) is 17.3 Å². The predicted molar refractivity (Wildman–Crippen MR) is 105 cm³/mol. The van der Waals surface area contributed by atoms with Crippen LogP contribution >= 0.6 is 0 Å². The van der Waals surface area contributed by atoms with Crippen LogP contribution in [0.3, 0.4) is 0 Å². The lowest BCUT2D eigenvalue weighted by Gasteiger charge is -2.37. The fourth-order valence-corrected chi connectivity index (χ4v) is 3.42. The molecule has 0 unspecified atom stereocenters. The monoisotopic (exact) mass is 385 g/mol. The molecule has 28 heavy (non-hydrogen) atoms. The number of hydrogen-bond acceptors (Lipinski definition) is 7. The second kappa shape index (κ2) is 8.24. The average molecular weight is 385 g/mol. The van der Waals surface area contributed by atoms with Crippen LogP contribution in [0.15, 0.2) is 39.9 Å². The fourth-order valence-electron chi connectivity index (χ4n) is 3.42. The maximum atomic E-state index is 12.2. The molecule has 148 valence electrons. The Bertz CT molecular complexity index is 925. The van der Waals surface area contributed by atoms with Crippen molar-refractivity contribution < 1.29 is 14.3 Å². The molecule has 0 radical (unpaired) electrons. The van der Waals surface area contributed by atoms with Gasteiger partial charge in [0.25, 0.3) is 10.9 Å². The molecule has 1 atom stereocenters. The van der Waals surface area contributed by atoms with Crippen molar-refractivity contribution in [1.82, 2.24) is 4.90 Å². The largest absolute Gasteiger partial charge is 0.467 e. The number of piperazine rings is 1. The third-order valence-electron chi connectivity index (χ3n) is 5.01. The SMILES string of the molecule is COC(=O)[C@H](Cc1ccccc1)Nc1c(N2CCN(C(C)=O)CC2)c(=O)c1=O. The van der Waals surface area contributed by atoms with Crippen molar-refractivity contribution in [2.24, 2.45) is 0 Å². The molecule has 2 aromatic carbocycles. The maximum absolute atomic E-state index is 12.2. The van der Waals surface area contributed by atoms with Gasteiger partial charge in [-0.3, -0.25) is 14.4 Å². The Morgan fingerprint density at radius 2 is 1.71 bits per heavy atom. The van der Waals surface area contributed by atoms with Gasteiger partial charge in [-0.1, -0.05) is 30.3 Å². The second-order valence-electron chi connectivity index (χ2n) is 6.78. The molecule has 0 spiro atoms. The summed E-state index contributed by atoms with van der Waals surface area (Å²) in [5.41, 5.74) is 0.136. The van der Waals surface area contributed by atoms with E-state index in [1.807, 2.05) is 30.3 Å². The molecule has 8 nitrogen and oxygen atoms in total. The van der Waals surface area contributed by atoms with Crippen LogP contribution in [-0.4, -0.2) is 56.1 Å². The van der Waals surface area contributed by atoms with Gasteiger partial charge in [-0.15, -0.1) is 0 Å². The minimum absolute atomic E-state index is 0.0170. The van der Waals surface area contributed by atoms with Gasteiger partial charge in [0, 0.05) is 39.5 Å². The van der Waals surface area contributed by atoms with E-state index in [1.54, 1.807) is 9.80 Å². The molecule has 2 aromatic rings. The highest BCUT2D eigenvalue weighted by Gasteiger charge is 2.32. The van der Waals surface area contributed by atoms with Crippen LogP contribution in [0.25, 0.3) is 0 Å². The Balaban J connectivity index is 1.78. The van der Waals surface area contributed by atoms with Gasteiger partial charge in [-0.05, 0) is 5.56 Å². The van der Waals surface area contributed by atoms with E-state index >= 15 is 0 Å². The number of nitrogens with zero attached hydrogens (tertiary/aromatic N) is 2. The molecule has 0 aliphatic carbocycles. The van der Waals surface area contributed by atoms with Crippen LogP contribution in [0.4, 0.5) is 11.4 Å². The summed E-state index contributed by atoms with van der Waals surface area (Å²) in [5.74, 6) is -0.527. The number of anilines is 2. The molecule has 3 rings (SSSR count). The Kier molecular flexibility index (Phi) is 5.77. The Morgan fingerprint density at radius 1 is 1.07 bits per heavy atom. The van der Waals surface area contributed by atoms with Gasteiger partial charge in [0.05, 0.1) is 7.11 Å². The smallest absolute Gasteiger partial charge is 0.328 e. The van der Waals surface area contributed by atoms with Gasteiger partial charge in [0.2, 0.25) is 5.91 Å². The summed E-state index contributed by atoms with van der Waals surface area (Å²) in [6, 6.07) is 8.57. The lowest BCUT2D eigenvalue weighted by atomic mass is 10.0. The third-order valence-corrected chi connectivity index (χ3v) is 5.01. The predicted octanol–water partition coefficient (Wildman–Crippen LogP) is 0.147. The lowest BCUT2D eigenvalue weighted by Crippen LogP contribution is -2.53. The van der Waals surface area contributed by atoms with E-state index in [0.717, 1.165) is 5.56 Å². The molecule has 1 N–H and O–H groups in total. The molecular weight excluding hydrogens is 362 g/mol. The highest BCUT2D eigenvalue weighted by atomic mass is 16.5. The summed E-state index contributed by atoms with van der Waals surface area (Å²) in [6.07, 6.45) is 0.323. The first kappa shape index (κ1) is 19.6. The molecule has 0 saturated carbocycles. The van der Waals surface area contributed by atoms with Gasteiger partial charge in [0.1, 0.15) is 17.4 Å². The Hall–Kier alpha value is -3.16. The summed E-state index contributed by atoms with van der Waals surface area (Å²) < 4.78 is 4.86. The first-order valence-corrected chi connectivity index (χ1v) is 9.14. The van der Waals surface area contributed by atoms with Crippen LogP contribution < -0.4 is 21.1 Å². The highest BCUT2D eigenvalue weighted by Crippen LogP contribution is 2.23. The molecule has 1 fully saturated rings. The van der Waals surface area contributed by atoms with Crippen LogP contribution in [0.2, 0.25) is 0 Å². The molecule has 1 aliphatic rings. The summed E-state index contributed by atoms with van der Waals surface area (Å²) in [7, 11) is 1.28. The Morgan fingerprint density at radius 3 is 2.29 bits per heavy atom. The third kappa shape index (κ3) is 3.90. The number of rotatable bonds is 6. The number of carbonyl (C=O) groups excluding carboxylic acids is 2. The quantitative estimate of drug-likeness (QED) is 0.558. The standard InChI is InChI=1S/C20H23N3O5/c1-13(24)22-8-10-23(11-9-22)17-16(18(25)19(17)26)21-15(20(27)28-2)12-14-6-4-3-5-7-14/h3-7,15,21H,8-12H2,1-2H3/t15-/m0/s1. The van der Waals surface area contributed by atoms with Crippen LogP contribution in [0.1, 0.15) is 12.5 Å². The van der Waals surface area contributed by atoms with Gasteiger partial charge < -0.3 is 19.9 Å². The molecule has 0 bridgehead atoms. The molecule has 1 amide bonds. The molecule has 1 heterocycles. The zero-order chi connectivity index (χ0) is 20.3. The van der Waals surface area contributed by atoms with E-state index in [4.69, 9.17) is 4.74 Å². The number of benzene rings is 1. The number of ether oxygens (including phenoxy) is 1. The zero-order valence-electron chi connectivity index (χ0n) is 15.9. The summed E-state index contributed by atoms with van der Waals surface area (Å²) in [5, 5.41) is 2.93. The van der Waals surface area contributed by atoms with Gasteiger partial charge in [-0.25, -0.2) is 4.79 Å². The number of methoxy groups -OCH3 is 1. The van der Waals surface area contributed by atoms with Gasteiger partial charge in [0.15, 0.2) is 0 Å². The maximum Gasteiger partial charge on any atom is 0.328 e. The number of nitrogens with one attached hydrogen (secondary N) is 1. The van der Waals surface area contributed by atoms with Crippen molar-refractivity contribution in [1.29, 1.82) is 0 Å². The van der Waals surface area contributed by atoms with Gasteiger partial charge >= 0.3 is 5.97 Å². The van der Waals surface area contributed by atoms with E-state index in [0.29, 0.717) is 32.6 Å². The van der Waals surface area contributed by atoms with Crippen molar-refractivity contribution in [3.8, 4) is 0 Å². The van der Waals surface area contributed by atoms with Crippen molar-refractivity contribution in [3.63, 3.8) is 0 Å². The summed E-state index contributed by atoms with van der Waals surface area (Å²) >= 11 is 0.